The van der Waals surface area contributed by atoms with Crippen molar-refractivity contribution in [3.8, 4) is 11.5 Å². The number of para-hydroxylation sites is 2. The normalized spacial score (nSPS) is 12.2. The summed E-state index contributed by atoms with van der Waals surface area (Å²) in [5.41, 5.74) is 2.64. The summed E-state index contributed by atoms with van der Waals surface area (Å²) in [4.78, 5) is 4.91. The maximum Gasteiger partial charge on any atom is 0.161 e. The molecule has 0 saturated heterocycles. The van der Waals surface area contributed by atoms with E-state index in [-0.39, 0.29) is 6.61 Å². The molecule has 5 nitrogen and oxygen atoms in total. The first-order valence-electron chi connectivity index (χ1n) is 5.56. The van der Waals surface area contributed by atoms with Gasteiger partial charge in [-0.2, -0.15) is 5.48 Å². The van der Waals surface area contributed by atoms with E-state index in [4.69, 9.17) is 14.3 Å². The molecule has 1 atom stereocenters. The molecular weight excluding hydrogens is 222 g/mol. The van der Waals surface area contributed by atoms with Crippen LogP contribution < -0.4 is 15.0 Å². The van der Waals surface area contributed by atoms with Crippen LogP contribution in [0, 0.1) is 0 Å². The van der Waals surface area contributed by atoms with Gasteiger partial charge < -0.3 is 19.4 Å². The van der Waals surface area contributed by atoms with Gasteiger partial charge in [0.1, 0.15) is 12.7 Å². The van der Waals surface area contributed by atoms with E-state index in [1.807, 2.05) is 19.1 Å². The minimum atomic E-state index is -0.633. The Balaban J connectivity index is 2.33. The first kappa shape index (κ1) is 13.8. The number of hydrogen-bond donors (Lipinski definition) is 2. The van der Waals surface area contributed by atoms with Gasteiger partial charge in [-0.05, 0) is 19.1 Å². The number of nitrogens with one attached hydrogen (secondary N) is 1. The fourth-order valence-corrected chi connectivity index (χ4v) is 1.24. The molecule has 0 aliphatic rings. The minimum Gasteiger partial charge on any atom is -0.493 e. The minimum absolute atomic E-state index is 0.181. The summed E-state index contributed by atoms with van der Waals surface area (Å²) in [6.07, 6.45) is -0.633. The maximum absolute atomic E-state index is 9.59. The third kappa shape index (κ3) is 5.04. The Labute approximate surface area is 101 Å². The molecule has 0 heterocycles. The van der Waals surface area contributed by atoms with Crippen molar-refractivity contribution < 1.29 is 19.4 Å². The lowest BCUT2D eigenvalue weighted by Crippen LogP contribution is -2.31. The zero-order valence-electron chi connectivity index (χ0n) is 10.2. The molecule has 0 fully saturated rings. The fourth-order valence-electron chi connectivity index (χ4n) is 1.24. The van der Waals surface area contributed by atoms with Gasteiger partial charge in [0.2, 0.25) is 0 Å². The third-order valence-corrected chi connectivity index (χ3v) is 2.07. The molecule has 0 amide bonds. The van der Waals surface area contributed by atoms with Crippen molar-refractivity contribution in [2.75, 3.05) is 26.9 Å². The van der Waals surface area contributed by atoms with Crippen molar-refractivity contribution in [3.63, 3.8) is 0 Å². The molecule has 0 aromatic heterocycles. The number of methoxy groups -OCH3 is 1. The van der Waals surface area contributed by atoms with Crippen LogP contribution in [0.1, 0.15) is 6.92 Å². The largest absolute Gasteiger partial charge is 0.493 e. The second kappa shape index (κ2) is 7.89. The van der Waals surface area contributed by atoms with Gasteiger partial charge in [-0.25, -0.2) is 0 Å². The van der Waals surface area contributed by atoms with Crippen molar-refractivity contribution in [2.24, 2.45) is 0 Å². The molecule has 17 heavy (non-hydrogen) atoms. The molecular formula is C12H19NO4. The molecule has 0 radical (unpaired) electrons. The van der Waals surface area contributed by atoms with Crippen LogP contribution in [0.4, 0.5) is 0 Å². The van der Waals surface area contributed by atoms with E-state index in [9.17, 15) is 5.11 Å². The van der Waals surface area contributed by atoms with Gasteiger partial charge in [-0.1, -0.05) is 12.1 Å². The van der Waals surface area contributed by atoms with E-state index in [0.717, 1.165) is 0 Å². The monoisotopic (exact) mass is 241 g/mol. The van der Waals surface area contributed by atoms with Gasteiger partial charge in [0.25, 0.3) is 0 Å². The second-order valence-corrected chi connectivity index (χ2v) is 3.40. The lowest BCUT2D eigenvalue weighted by molar-refractivity contribution is 0.00926. The second-order valence-electron chi connectivity index (χ2n) is 3.40. The van der Waals surface area contributed by atoms with Gasteiger partial charge in [-0.3, -0.25) is 0 Å². The quantitative estimate of drug-likeness (QED) is 0.525. The van der Waals surface area contributed by atoms with Crippen LogP contribution in [0.2, 0.25) is 0 Å². The number of hydrogen-bond acceptors (Lipinski definition) is 5. The standard InChI is InChI=1S/C12H19NO4/c1-3-17-13-8-10(14)9-16-12-7-5-4-6-11(12)15-2/h4-7,10,13-14H,3,8-9H2,1-2H3. The summed E-state index contributed by atoms with van der Waals surface area (Å²) in [5, 5.41) is 9.59. The van der Waals surface area contributed by atoms with Crippen LogP contribution in [-0.4, -0.2) is 38.1 Å². The van der Waals surface area contributed by atoms with E-state index in [1.165, 1.54) is 0 Å². The average molecular weight is 241 g/mol. The Kier molecular flexibility index (Phi) is 6.39. The highest BCUT2D eigenvalue weighted by Gasteiger charge is 2.07. The zero-order valence-corrected chi connectivity index (χ0v) is 10.2. The van der Waals surface area contributed by atoms with E-state index in [2.05, 4.69) is 5.48 Å². The zero-order chi connectivity index (χ0) is 12.5. The third-order valence-electron chi connectivity index (χ3n) is 2.07. The van der Waals surface area contributed by atoms with Gasteiger partial charge >= 0.3 is 0 Å². The Morgan fingerprint density at radius 2 is 2.00 bits per heavy atom. The predicted molar refractivity (Wildman–Crippen MR) is 64.1 cm³/mol. The van der Waals surface area contributed by atoms with Crippen molar-refractivity contribution in [2.45, 2.75) is 13.0 Å². The first-order valence-corrected chi connectivity index (χ1v) is 5.56. The molecule has 0 bridgehead atoms. The average Bonchev–Trinajstić information content (AvgIpc) is 2.37. The summed E-state index contributed by atoms with van der Waals surface area (Å²) < 4.78 is 10.6. The summed E-state index contributed by atoms with van der Waals surface area (Å²) in [5.74, 6) is 1.27. The molecule has 1 rings (SSSR count). The van der Waals surface area contributed by atoms with Crippen LogP contribution in [0.15, 0.2) is 24.3 Å². The number of ether oxygens (including phenoxy) is 2. The summed E-state index contributed by atoms with van der Waals surface area (Å²) in [6, 6.07) is 7.31. The van der Waals surface area contributed by atoms with Crippen LogP contribution in [0.25, 0.3) is 0 Å². The molecule has 1 aromatic rings. The fraction of sp³-hybridized carbons (Fsp3) is 0.500. The molecule has 0 aliphatic heterocycles. The summed E-state index contributed by atoms with van der Waals surface area (Å²) in [7, 11) is 1.58. The highest BCUT2D eigenvalue weighted by Crippen LogP contribution is 2.25. The number of rotatable bonds is 8. The van der Waals surface area contributed by atoms with Crippen LogP contribution >= 0.6 is 0 Å². The van der Waals surface area contributed by atoms with Crippen molar-refractivity contribution >= 4 is 0 Å². The van der Waals surface area contributed by atoms with Crippen molar-refractivity contribution in [1.29, 1.82) is 0 Å². The number of benzene rings is 1. The van der Waals surface area contributed by atoms with Gasteiger partial charge in [0.05, 0.1) is 20.3 Å². The van der Waals surface area contributed by atoms with Crippen LogP contribution in [0.5, 0.6) is 11.5 Å². The summed E-state index contributed by atoms with van der Waals surface area (Å²) in [6.45, 7) is 2.92. The summed E-state index contributed by atoms with van der Waals surface area (Å²) >= 11 is 0. The van der Waals surface area contributed by atoms with E-state index < -0.39 is 6.10 Å². The maximum atomic E-state index is 9.59. The number of hydroxylamine groups is 1. The highest BCUT2D eigenvalue weighted by atomic mass is 16.6. The number of aliphatic hydroxyl groups excluding tert-OH is 1. The Bertz CT molecular complexity index is 319. The lowest BCUT2D eigenvalue weighted by atomic mass is 10.3. The molecule has 1 aromatic carbocycles. The lowest BCUT2D eigenvalue weighted by Gasteiger charge is -2.14. The molecule has 0 spiro atoms. The molecule has 2 N–H and O–H groups in total. The topological polar surface area (TPSA) is 60.0 Å². The Hall–Kier alpha value is -1.30. The van der Waals surface area contributed by atoms with Gasteiger partial charge in [0.15, 0.2) is 11.5 Å². The SMILES string of the molecule is CCONCC(O)COc1ccccc1OC. The van der Waals surface area contributed by atoms with Gasteiger partial charge in [-0.15, -0.1) is 0 Å². The predicted octanol–water partition coefficient (Wildman–Crippen LogP) is 0.976. The Morgan fingerprint density at radius 1 is 1.29 bits per heavy atom. The Morgan fingerprint density at radius 3 is 2.65 bits per heavy atom. The van der Waals surface area contributed by atoms with E-state index >= 15 is 0 Å². The van der Waals surface area contributed by atoms with Crippen LogP contribution in [-0.2, 0) is 4.84 Å². The highest BCUT2D eigenvalue weighted by molar-refractivity contribution is 5.39. The molecule has 1 unspecified atom stereocenters. The smallest absolute Gasteiger partial charge is 0.161 e. The molecule has 0 aliphatic carbocycles. The van der Waals surface area contributed by atoms with Gasteiger partial charge in [0, 0.05) is 0 Å². The van der Waals surface area contributed by atoms with E-state index in [0.29, 0.717) is 24.7 Å². The van der Waals surface area contributed by atoms with Crippen LogP contribution in [0.3, 0.4) is 0 Å². The number of aliphatic hydroxyl groups is 1. The van der Waals surface area contributed by atoms with E-state index in [1.54, 1.807) is 19.2 Å². The molecule has 5 heteroatoms. The van der Waals surface area contributed by atoms with Crippen molar-refractivity contribution in [3.05, 3.63) is 24.3 Å². The molecule has 96 valence electrons. The first-order chi connectivity index (χ1) is 8.27. The van der Waals surface area contributed by atoms with Crippen molar-refractivity contribution in [1.82, 2.24) is 5.48 Å². The molecule has 0 saturated carbocycles.